The second-order valence-electron chi connectivity index (χ2n) is 5.44. The van der Waals surface area contributed by atoms with E-state index in [0.717, 1.165) is 32.6 Å². The van der Waals surface area contributed by atoms with Gasteiger partial charge in [-0.1, -0.05) is 0 Å². The summed E-state index contributed by atoms with van der Waals surface area (Å²) in [5.41, 5.74) is 3.30. The van der Waals surface area contributed by atoms with E-state index in [4.69, 9.17) is 4.74 Å². The van der Waals surface area contributed by atoms with Gasteiger partial charge >= 0.3 is 0 Å². The molecular weight excluding hydrogens is 392 g/mol. The summed E-state index contributed by atoms with van der Waals surface area (Å²) in [4.78, 5) is 13.8. The largest absolute Gasteiger partial charge is 0.497 e. The first-order chi connectivity index (χ1) is 11.5. The van der Waals surface area contributed by atoms with E-state index in [9.17, 15) is 4.21 Å². The third-order valence-electron chi connectivity index (χ3n) is 3.54. The molecule has 0 spiro atoms. The van der Waals surface area contributed by atoms with Crippen molar-refractivity contribution in [2.24, 2.45) is 0 Å². The Balaban J connectivity index is 1.86. The van der Waals surface area contributed by atoms with Gasteiger partial charge in [0, 0.05) is 26.4 Å². The van der Waals surface area contributed by atoms with Gasteiger partial charge in [0.1, 0.15) is 5.75 Å². The Morgan fingerprint density at radius 3 is 2.83 bits per heavy atom. The summed E-state index contributed by atoms with van der Waals surface area (Å²) < 4.78 is 18.7. The van der Waals surface area contributed by atoms with Crippen molar-refractivity contribution in [1.82, 2.24) is 15.0 Å². The maximum Gasteiger partial charge on any atom is 0.197 e. The molecule has 8 heteroatoms. The second-order valence-corrected chi connectivity index (χ2v) is 7.66. The number of methoxy groups -OCH3 is 1. The van der Waals surface area contributed by atoms with Crippen LogP contribution >= 0.6 is 15.9 Å². The number of nitrogens with one attached hydrogen (secondary N) is 1. The van der Waals surface area contributed by atoms with Crippen LogP contribution in [0.25, 0.3) is 11.0 Å². The molecule has 0 amide bonds. The highest BCUT2D eigenvalue weighted by Crippen LogP contribution is 2.25. The molecule has 0 aliphatic heterocycles. The van der Waals surface area contributed by atoms with Gasteiger partial charge in [0.05, 0.1) is 50.5 Å². The molecule has 1 atom stereocenters. The highest BCUT2D eigenvalue weighted by atomic mass is 79.9. The maximum atomic E-state index is 12.6. The van der Waals surface area contributed by atoms with Crippen LogP contribution in [0.3, 0.4) is 0 Å². The van der Waals surface area contributed by atoms with E-state index in [1.807, 2.05) is 43.3 Å². The quantitative estimate of drug-likeness (QED) is 0.701. The molecule has 0 saturated carbocycles. The second kappa shape index (κ2) is 6.90. The molecule has 1 N–H and O–H groups in total. The molecular formula is C16H17BrN4O2S. The summed E-state index contributed by atoms with van der Waals surface area (Å²) in [6.45, 7) is 0. The first-order valence-electron chi connectivity index (χ1n) is 7.22. The number of imidazole rings is 1. The monoisotopic (exact) mass is 408 g/mol. The van der Waals surface area contributed by atoms with E-state index in [-0.39, 0.29) is 0 Å². The van der Waals surface area contributed by atoms with Gasteiger partial charge in [-0.15, -0.1) is 0 Å². The standard InChI is InChI=1S/C16H17BrN4O2S/c1-21(2)15-6-10(18-8-12(15)17)9-24(22)16-19-13-5-4-11(23-3)7-14(13)20-16/h4-8H,9H2,1-3H3,(H,19,20). The van der Waals surface area contributed by atoms with E-state index in [2.05, 4.69) is 30.9 Å². The number of nitrogens with zero attached hydrogens (tertiary/aromatic N) is 3. The number of rotatable bonds is 5. The van der Waals surface area contributed by atoms with Crippen LogP contribution in [0.5, 0.6) is 5.75 Å². The summed E-state index contributed by atoms with van der Waals surface area (Å²) in [6.07, 6.45) is 1.73. The van der Waals surface area contributed by atoms with E-state index < -0.39 is 10.8 Å². The van der Waals surface area contributed by atoms with Gasteiger partial charge in [-0.3, -0.25) is 9.19 Å². The zero-order chi connectivity index (χ0) is 17.3. The summed E-state index contributed by atoms with van der Waals surface area (Å²) in [6, 6.07) is 7.43. The average Bonchev–Trinajstić information content (AvgIpc) is 2.99. The Kier molecular flexibility index (Phi) is 4.86. The van der Waals surface area contributed by atoms with E-state index in [0.29, 0.717) is 10.9 Å². The molecule has 2 aromatic heterocycles. The predicted molar refractivity (Wildman–Crippen MR) is 99.0 cm³/mol. The van der Waals surface area contributed by atoms with Crippen LogP contribution in [0.15, 0.2) is 40.1 Å². The van der Waals surface area contributed by atoms with Gasteiger partial charge < -0.3 is 14.6 Å². The molecule has 2 heterocycles. The first-order valence-corrected chi connectivity index (χ1v) is 9.33. The van der Waals surface area contributed by atoms with Crippen molar-refractivity contribution in [1.29, 1.82) is 0 Å². The molecule has 0 bridgehead atoms. The molecule has 0 radical (unpaired) electrons. The van der Waals surface area contributed by atoms with Crippen LogP contribution in [0.1, 0.15) is 5.69 Å². The minimum absolute atomic E-state index is 0.297. The van der Waals surface area contributed by atoms with Gasteiger partial charge in [-0.05, 0) is 34.1 Å². The number of hydrogen-bond donors (Lipinski definition) is 1. The number of H-pyrrole nitrogens is 1. The topological polar surface area (TPSA) is 71.1 Å². The number of pyridine rings is 1. The Morgan fingerprint density at radius 2 is 2.12 bits per heavy atom. The van der Waals surface area contributed by atoms with Gasteiger partial charge in [-0.25, -0.2) is 4.98 Å². The van der Waals surface area contributed by atoms with Crippen molar-refractivity contribution < 1.29 is 8.95 Å². The molecule has 0 saturated heterocycles. The molecule has 1 aromatic carbocycles. The Hall–Kier alpha value is -1.93. The maximum absolute atomic E-state index is 12.6. The molecule has 0 aliphatic rings. The number of aromatic amines is 1. The van der Waals surface area contributed by atoms with Crippen LogP contribution in [0.2, 0.25) is 0 Å². The number of aromatic nitrogens is 3. The van der Waals surface area contributed by atoms with Crippen molar-refractivity contribution in [3.8, 4) is 5.75 Å². The average molecular weight is 409 g/mol. The molecule has 24 heavy (non-hydrogen) atoms. The van der Waals surface area contributed by atoms with Crippen LogP contribution in [0.4, 0.5) is 5.69 Å². The normalized spacial score (nSPS) is 12.3. The van der Waals surface area contributed by atoms with Crippen molar-refractivity contribution in [3.63, 3.8) is 0 Å². The zero-order valence-corrected chi connectivity index (χ0v) is 15.9. The Labute approximate surface area is 150 Å². The van der Waals surface area contributed by atoms with E-state index >= 15 is 0 Å². The van der Waals surface area contributed by atoms with Crippen molar-refractivity contribution in [2.75, 3.05) is 26.1 Å². The van der Waals surface area contributed by atoms with E-state index in [1.165, 1.54) is 0 Å². The number of anilines is 1. The SMILES string of the molecule is COc1ccc2nc(S(=O)Cc3cc(N(C)C)c(Br)cn3)[nH]c2c1. The predicted octanol–water partition coefficient (Wildman–Crippen LogP) is 3.10. The number of hydrogen-bond acceptors (Lipinski definition) is 5. The van der Waals surface area contributed by atoms with Crippen molar-refractivity contribution in [2.45, 2.75) is 10.9 Å². The summed E-state index contributed by atoms with van der Waals surface area (Å²) in [5.74, 6) is 1.03. The van der Waals surface area contributed by atoms with Crippen molar-refractivity contribution in [3.05, 3.63) is 40.6 Å². The third-order valence-corrected chi connectivity index (χ3v) is 5.33. The van der Waals surface area contributed by atoms with Crippen LogP contribution in [-0.4, -0.2) is 40.4 Å². The Morgan fingerprint density at radius 1 is 1.33 bits per heavy atom. The highest BCUT2D eigenvalue weighted by Gasteiger charge is 2.13. The third kappa shape index (κ3) is 3.44. The molecule has 6 nitrogen and oxygen atoms in total. The van der Waals surface area contributed by atoms with Gasteiger partial charge in [0.15, 0.2) is 5.16 Å². The fraction of sp³-hybridized carbons (Fsp3) is 0.250. The number of benzene rings is 1. The van der Waals surface area contributed by atoms with Crippen LogP contribution < -0.4 is 9.64 Å². The lowest BCUT2D eigenvalue weighted by Crippen LogP contribution is -2.11. The molecule has 0 fully saturated rings. The fourth-order valence-corrected chi connectivity index (χ4v) is 3.85. The number of ether oxygens (including phenoxy) is 1. The highest BCUT2D eigenvalue weighted by molar-refractivity contribution is 9.10. The number of fused-ring (bicyclic) bond motifs is 1. The lowest BCUT2D eigenvalue weighted by atomic mass is 10.3. The lowest BCUT2D eigenvalue weighted by molar-refractivity contribution is 0.415. The molecule has 3 rings (SSSR count). The lowest BCUT2D eigenvalue weighted by Gasteiger charge is -2.15. The molecule has 126 valence electrons. The Bertz CT molecular complexity index is 910. The number of halogens is 1. The fourth-order valence-electron chi connectivity index (χ4n) is 2.29. The van der Waals surface area contributed by atoms with Gasteiger partial charge in [-0.2, -0.15) is 0 Å². The van der Waals surface area contributed by atoms with Gasteiger partial charge in [0.25, 0.3) is 0 Å². The first kappa shape index (κ1) is 16.9. The van der Waals surface area contributed by atoms with Crippen molar-refractivity contribution >= 4 is 43.5 Å². The smallest absolute Gasteiger partial charge is 0.197 e. The van der Waals surface area contributed by atoms with E-state index in [1.54, 1.807) is 13.3 Å². The molecule has 1 unspecified atom stereocenters. The summed E-state index contributed by atoms with van der Waals surface area (Å²) >= 11 is 3.47. The zero-order valence-electron chi connectivity index (χ0n) is 13.5. The minimum Gasteiger partial charge on any atom is -0.497 e. The molecule has 0 aliphatic carbocycles. The minimum atomic E-state index is -1.31. The van der Waals surface area contributed by atoms with Gasteiger partial charge in [0.2, 0.25) is 0 Å². The summed E-state index contributed by atoms with van der Waals surface area (Å²) in [7, 11) is 4.21. The molecule has 3 aromatic rings. The van der Waals surface area contributed by atoms with Crippen LogP contribution in [0, 0.1) is 0 Å². The summed E-state index contributed by atoms with van der Waals surface area (Å²) in [5, 5.41) is 0.439. The van der Waals surface area contributed by atoms with Crippen LogP contribution in [-0.2, 0) is 16.6 Å².